The minimum Gasteiger partial charge on any atom is -0.493 e. The zero-order chi connectivity index (χ0) is 28.9. The molecule has 210 valence electrons. The quantitative estimate of drug-likeness (QED) is 0.189. The molecule has 0 aliphatic carbocycles. The van der Waals surface area contributed by atoms with E-state index in [1.807, 2.05) is 50.3 Å². The number of aromatic nitrogens is 1. The Labute approximate surface area is 236 Å². The first kappa shape index (κ1) is 28.9. The fraction of sp³-hybridized carbons (Fsp3) is 0.364. The number of nitrogens with zero attached hydrogens (tertiary/aromatic N) is 2. The zero-order valence-corrected chi connectivity index (χ0v) is 24.2. The van der Waals surface area contributed by atoms with Gasteiger partial charge < -0.3 is 18.8 Å². The number of hydrogen-bond donors (Lipinski definition) is 0. The molecule has 0 saturated carbocycles. The highest BCUT2D eigenvalue weighted by Crippen LogP contribution is 2.34. The fourth-order valence-electron chi connectivity index (χ4n) is 4.79. The summed E-state index contributed by atoms with van der Waals surface area (Å²) in [4.78, 5) is 31.9. The molecule has 3 aromatic rings. The average Bonchev–Trinajstić information content (AvgIpc) is 3.31. The van der Waals surface area contributed by atoms with Crippen LogP contribution in [-0.2, 0) is 32.6 Å². The maximum atomic E-state index is 12.9. The molecule has 0 fully saturated rings. The Balaban J connectivity index is 1.46. The summed E-state index contributed by atoms with van der Waals surface area (Å²) in [5, 5.41) is 0. The Bertz CT molecular complexity index is 1410. The van der Waals surface area contributed by atoms with Crippen molar-refractivity contribution in [3.05, 3.63) is 94.9 Å². The number of carbonyl (C=O) groups excluding carboxylic acids is 2. The lowest BCUT2D eigenvalue weighted by atomic mass is 9.87. The lowest BCUT2D eigenvalue weighted by molar-refractivity contribution is -0.152. The van der Waals surface area contributed by atoms with Crippen LogP contribution in [-0.4, -0.2) is 42.0 Å². The van der Waals surface area contributed by atoms with E-state index in [-0.39, 0.29) is 11.3 Å². The summed E-state index contributed by atoms with van der Waals surface area (Å²) in [5.74, 6) is 1.25. The maximum Gasteiger partial charge on any atom is 0.333 e. The lowest BCUT2D eigenvalue weighted by Crippen LogP contribution is -2.43. The molecule has 7 heteroatoms. The molecular weight excluding hydrogens is 504 g/mol. The van der Waals surface area contributed by atoms with Crippen molar-refractivity contribution in [3.8, 4) is 17.2 Å². The molecule has 2 heterocycles. The smallest absolute Gasteiger partial charge is 0.333 e. The van der Waals surface area contributed by atoms with Crippen LogP contribution in [0.3, 0.4) is 0 Å². The second-order valence-corrected chi connectivity index (χ2v) is 10.9. The third-order valence-electron chi connectivity index (χ3n) is 7.09. The van der Waals surface area contributed by atoms with Gasteiger partial charge in [-0.15, -0.1) is 0 Å². The van der Waals surface area contributed by atoms with Crippen molar-refractivity contribution in [2.24, 2.45) is 0 Å². The number of amides is 1. The summed E-state index contributed by atoms with van der Waals surface area (Å²) in [5.41, 5.74) is 4.83. The first-order valence-corrected chi connectivity index (χ1v) is 13.6. The van der Waals surface area contributed by atoms with Crippen LogP contribution < -0.4 is 4.74 Å². The average molecular weight is 543 g/mol. The molecule has 1 aromatic heterocycles. The number of hydrogen-bond acceptors (Lipinski definition) is 6. The standard InChI is InChI=1S/C33H38N2O5/c1-7-8-9-10-29(36)35-19-17-23-13-16-26(21-27(23)30(35)32(37)38-6)39-20-18-28-22(2)40-31(34-28)24-11-14-25(15-12-24)33(3,4)5/h7-16,21,30H,17-20H2,1-6H3. The first-order valence-electron chi connectivity index (χ1n) is 13.6. The lowest BCUT2D eigenvalue weighted by Gasteiger charge is -2.35. The monoisotopic (exact) mass is 542 g/mol. The fourth-order valence-corrected chi connectivity index (χ4v) is 4.79. The molecule has 1 aliphatic rings. The number of oxazole rings is 1. The number of methoxy groups -OCH3 is 1. The third kappa shape index (κ3) is 6.53. The maximum absolute atomic E-state index is 12.9. The van der Waals surface area contributed by atoms with E-state index in [0.717, 1.165) is 28.1 Å². The Morgan fingerprint density at radius 2 is 1.88 bits per heavy atom. The van der Waals surface area contributed by atoms with Crippen LogP contribution in [0.2, 0.25) is 0 Å². The number of ether oxygens (including phenoxy) is 2. The van der Waals surface area contributed by atoms with E-state index in [2.05, 4.69) is 32.9 Å². The van der Waals surface area contributed by atoms with Crippen molar-refractivity contribution in [2.75, 3.05) is 20.3 Å². The van der Waals surface area contributed by atoms with Crippen LogP contribution in [0.25, 0.3) is 11.5 Å². The second-order valence-electron chi connectivity index (χ2n) is 10.9. The summed E-state index contributed by atoms with van der Waals surface area (Å²) in [6.07, 6.45) is 7.95. The van der Waals surface area contributed by atoms with Crippen molar-refractivity contribution in [3.63, 3.8) is 0 Å². The van der Waals surface area contributed by atoms with Gasteiger partial charge in [0.05, 0.1) is 19.4 Å². The van der Waals surface area contributed by atoms with E-state index >= 15 is 0 Å². The summed E-state index contributed by atoms with van der Waals surface area (Å²) >= 11 is 0. The Morgan fingerprint density at radius 3 is 2.55 bits per heavy atom. The van der Waals surface area contributed by atoms with Crippen LogP contribution in [0, 0.1) is 6.92 Å². The van der Waals surface area contributed by atoms with Gasteiger partial charge >= 0.3 is 5.97 Å². The summed E-state index contributed by atoms with van der Waals surface area (Å²) < 4.78 is 17.1. The molecule has 0 radical (unpaired) electrons. The molecule has 0 saturated heterocycles. The normalized spacial score (nSPS) is 15.4. The number of esters is 1. The first-order chi connectivity index (χ1) is 19.1. The largest absolute Gasteiger partial charge is 0.493 e. The zero-order valence-electron chi connectivity index (χ0n) is 24.2. The molecule has 1 unspecified atom stereocenters. The SMILES string of the molecule is CC=CC=CC(=O)N1CCc2ccc(OCCc3nc(-c4ccc(C(C)(C)C)cc4)oc3C)cc2C1C(=O)OC. The predicted molar refractivity (Wildman–Crippen MR) is 155 cm³/mol. The molecule has 4 rings (SSSR count). The van der Waals surface area contributed by atoms with Gasteiger partial charge in [-0.05, 0) is 66.6 Å². The van der Waals surface area contributed by atoms with Crippen LogP contribution >= 0.6 is 0 Å². The number of carbonyl (C=O) groups is 2. The highest BCUT2D eigenvalue weighted by Gasteiger charge is 2.36. The minimum atomic E-state index is -0.829. The Kier molecular flexibility index (Phi) is 8.93. The van der Waals surface area contributed by atoms with Gasteiger partial charge in [-0.25, -0.2) is 9.78 Å². The van der Waals surface area contributed by atoms with Gasteiger partial charge in [0.25, 0.3) is 0 Å². The van der Waals surface area contributed by atoms with Crippen molar-refractivity contribution in [1.82, 2.24) is 9.88 Å². The number of aryl methyl sites for hydroxylation is 1. The molecule has 7 nitrogen and oxygen atoms in total. The molecular formula is C33H38N2O5. The van der Waals surface area contributed by atoms with Gasteiger partial charge in [0.15, 0.2) is 6.04 Å². The second kappa shape index (κ2) is 12.4. The minimum absolute atomic E-state index is 0.0815. The third-order valence-corrected chi connectivity index (χ3v) is 7.09. The van der Waals surface area contributed by atoms with Gasteiger partial charge in [-0.3, -0.25) is 4.79 Å². The van der Waals surface area contributed by atoms with E-state index in [1.165, 1.54) is 18.7 Å². The molecule has 40 heavy (non-hydrogen) atoms. The summed E-state index contributed by atoms with van der Waals surface area (Å²) in [7, 11) is 1.34. The number of benzene rings is 2. The van der Waals surface area contributed by atoms with E-state index in [0.29, 0.717) is 37.6 Å². The van der Waals surface area contributed by atoms with Gasteiger partial charge in [-0.2, -0.15) is 0 Å². The topological polar surface area (TPSA) is 81.9 Å². The predicted octanol–water partition coefficient (Wildman–Crippen LogP) is 6.30. The molecule has 0 bridgehead atoms. The molecule has 0 N–H and O–H groups in total. The van der Waals surface area contributed by atoms with E-state index in [9.17, 15) is 9.59 Å². The van der Waals surface area contributed by atoms with Crippen LogP contribution in [0.5, 0.6) is 5.75 Å². The molecule has 2 aromatic carbocycles. The van der Waals surface area contributed by atoms with E-state index < -0.39 is 12.0 Å². The molecule has 1 amide bonds. The summed E-state index contributed by atoms with van der Waals surface area (Å²) in [6.45, 7) is 11.2. The summed E-state index contributed by atoms with van der Waals surface area (Å²) in [6, 6.07) is 13.2. The highest BCUT2D eigenvalue weighted by atomic mass is 16.5. The van der Waals surface area contributed by atoms with Crippen LogP contribution in [0.15, 0.2) is 71.2 Å². The van der Waals surface area contributed by atoms with Crippen LogP contribution in [0.1, 0.15) is 61.9 Å². The Morgan fingerprint density at radius 1 is 1.12 bits per heavy atom. The van der Waals surface area contributed by atoms with E-state index in [1.54, 1.807) is 17.1 Å². The number of fused-ring (bicyclic) bond motifs is 1. The van der Waals surface area contributed by atoms with Crippen molar-refractivity contribution in [1.29, 1.82) is 0 Å². The Hall–Kier alpha value is -4.13. The van der Waals surface area contributed by atoms with Crippen LogP contribution in [0.4, 0.5) is 0 Å². The molecule has 1 aliphatic heterocycles. The molecule has 1 atom stereocenters. The van der Waals surface area contributed by atoms with Gasteiger partial charge in [0.1, 0.15) is 11.5 Å². The number of rotatable bonds is 8. The highest BCUT2D eigenvalue weighted by molar-refractivity contribution is 5.93. The molecule has 0 spiro atoms. The van der Waals surface area contributed by atoms with Crippen molar-refractivity contribution in [2.45, 2.75) is 58.9 Å². The number of allylic oxidation sites excluding steroid dienone is 3. The van der Waals surface area contributed by atoms with Gasteiger partial charge in [-0.1, -0.05) is 57.2 Å². The van der Waals surface area contributed by atoms with E-state index in [4.69, 9.17) is 18.9 Å². The van der Waals surface area contributed by atoms with Crippen molar-refractivity contribution < 1.29 is 23.5 Å². The van der Waals surface area contributed by atoms with Gasteiger partial charge in [0.2, 0.25) is 11.8 Å². The van der Waals surface area contributed by atoms with Crippen molar-refractivity contribution >= 4 is 11.9 Å². The van der Waals surface area contributed by atoms with Gasteiger partial charge in [0, 0.05) is 24.6 Å².